The topological polar surface area (TPSA) is 90.1 Å². The molecule has 1 atom stereocenters. The third-order valence-electron chi connectivity index (χ3n) is 4.24. The van der Waals surface area contributed by atoms with Crippen molar-refractivity contribution < 1.29 is 9.59 Å². The number of amides is 3. The number of carbonyl (C=O) groups is 2. The summed E-state index contributed by atoms with van der Waals surface area (Å²) in [6, 6.07) is 1.90. The van der Waals surface area contributed by atoms with Crippen molar-refractivity contribution >= 4 is 11.9 Å². The Morgan fingerprint density at radius 2 is 2.21 bits per heavy atom. The van der Waals surface area contributed by atoms with Gasteiger partial charge in [-0.25, -0.2) is 4.79 Å². The lowest BCUT2D eigenvalue weighted by atomic mass is 9.97. The summed E-state index contributed by atoms with van der Waals surface area (Å²) in [6.07, 6.45) is 2.55. The van der Waals surface area contributed by atoms with Gasteiger partial charge in [-0.05, 0) is 31.2 Å². The highest BCUT2D eigenvalue weighted by Gasteiger charge is 2.28. The van der Waals surface area contributed by atoms with Gasteiger partial charge in [-0.3, -0.25) is 9.89 Å². The summed E-state index contributed by atoms with van der Waals surface area (Å²) >= 11 is 0. The van der Waals surface area contributed by atoms with Crippen LogP contribution in [0.3, 0.4) is 0 Å². The molecule has 0 unspecified atom stereocenters. The minimum atomic E-state index is -0.142. The summed E-state index contributed by atoms with van der Waals surface area (Å²) < 4.78 is 0. The minimum absolute atomic E-state index is 0.00371. The van der Waals surface area contributed by atoms with Gasteiger partial charge in [0.1, 0.15) is 0 Å². The maximum Gasteiger partial charge on any atom is 0.317 e. The van der Waals surface area contributed by atoms with E-state index in [2.05, 4.69) is 34.7 Å². The van der Waals surface area contributed by atoms with Gasteiger partial charge in [0.05, 0.1) is 23.9 Å². The molecule has 1 aromatic heterocycles. The average Bonchev–Trinajstić information content (AvgIpc) is 3.05. The number of piperidine rings is 1. The highest BCUT2D eigenvalue weighted by molar-refractivity contribution is 5.80. The van der Waals surface area contributed by atoms with Gasteiger partial charge in [-0.1, -0.05) is 20.8 Å². The predicted octanol–water partition coefficient (Wildman–Crippen LogP) is 1.67. The van der Waals surface area contributed by atoms with Crippen LogP contribution in [-0.4, -0.2) is 46.7 Å². The van der Waals surface area contributed by atoms with Gasteiger partial charge in [-0.15, -0.1) is 0 Å². The van der Waals surface area contributed by atoms with Gasteiger partial charge in [0, 0.05) is 19.6 Å². The Labute approximate surface area is 143 Å². The van der Waals surface area contributed by atoms with E-state index in [0.717, 1.165) is 30.7 Å². The van der Waals surface area contributed by atoms with Gasteiger partial charge >= 0.3 is 6.03 Å². The van der Waals surface area contributed by atoms with Crippen molar-refractivity contribution in [3.63, 3.8) is 0 Å². The number of hydrogen-bond donors (Lipinski definition) is 3. The van der Waals surface area contributed by atoms with Crippen molar-refractivity contribution in [3.05, 3.63) is 17.5 Å². The minimum Gasteiger partial charge on any atom is -0.350 e. The highest BCUT2D eigenvalue weighted by atomic mass is 16.2. The number of carbonyl (C=O) groups excluding carboxylic acids is 2. The monoisotopic (exact) mass is 335 g/mol. The van der Waals surface area contributed by atoms with Crippen molar-refractivity contribution in [3.8, 4) is 0 Å². The first-order valence-corrected chi connectivity index (χ1v) is 8.83. The summed E-state index contributed by atoms with van der Waals surface area (Å²) in [5.74, 6) is 0.279. The Morgan fingerprint density at radius 1 is 1.42 bits per heavy atom. The molecule has 7 nitrogen and oxygen atoms in total. The second-order valence-electron chi connectivity index (χ2n) is 6.82. The average molecular weight is 335 g/mol. The van der Waals surface area contributed by atoms with Crippen LogP contribution in [0.5, 0.6) is 0 Å². The Kier molecular flexibility index (Phi) is 6.63. The van der Waals surface area contributed by atoms with Gasteiger partial charge in [0.15, 0.2) is 0 Å². The standard InChI is InChI=1S/C17H29N5O2/c1-4-14-8-15(21-20-14)10-18-16(23)13-6-5-7-22(11-13)17(24)19-9-12(2)3/h8,12-13H,4-7,9-11H2,1-3H3,(H,18,23)(H,19,24)(H,20,21)/t13-/m1/s1. The number of aryl methyl sites for hydroxylation is 1. The van der Waals surface area contributed by atoms with Crippen molar-refractivity contribution in [1.82, 2.24) is 25.7 Å². The highest BCUT2D eigenvalue weighted by Crippen LogP contribution is 2.17. The first-order chi connectivity index (χ1) is 11.5. The summed E-state index contributed by atoms with van der Waals surface area (Å²) in [7, 11) is 0. The number of nitrogens with zero attached hydrogens (tertiary/aromatic N) is 2. The molecule has 134 valence electrons. The normalized spacial score (nSPS) is 17.8. The zero-order chi connectivity index (χ0) is 17.5. The lowest BCUT2D eigenvalue weighted by Crippen LogP contribution is -2.49. The Bertz CT molecular complexity index is 555. The Hall–Kier alpha value is -2.05. The molecule has 0 spiro atoms. The number of likely N-dealkylation sites (tertiary alicyclic amines) is 1. The summed E-state index contributed by atoms with van der Waals surface area (Å²) in [5, 5.41) is 13.0. The van der Waals surface area contributed by atoms with E-state index in [1.165, 1.54) is 0 Å². The predicted molar refractivity (Wildman–Crippen MR) is 92.3 cm³/mol. The van der Waals surface area contributed by atoms with Gasteiger partial charge < -0.3 is 15.5 Å². The van der Waals surface area contributed by atoms with Crippen molar-refractivity contribution in [2.45, 2.75) is 46.6 Å². The number of urea groups is 1. The molecule has 0 bridgehead atoms. The van der Waals surface area contributed by atoms with E-state index in [1.54, 1.807) is 4.90 Å². The number of nitrogens with one attached hydrogen (secondary N) is 3. The molecule has 0 aliphatic carbocycles. The van der Waals surface area contributed by atoms with Crippen LogP contribution in [0.15, 0.2) is 6.07 Å². The van der Waals surface area contributed by atoms with Crippen LogP contribution in [0, 0.1) is 11.8 Å². The molecule has 0 radical (unpaired) electrons. The molecule has 2 heterocycles. The molecule has 1 saturated heterocycles. The van der Waals surface area contributed by atoms with Gasteiger partial charge in [0.2, 0.25) is 5.91 Å². The molecule has 1 aliphatic heterocycles. The van der Waals surface area contributed by atoms with E-state index in [1.807, 2.05) is 13.0 Å². The van der Waals surface area contributed by atoms with Crippen LogP contribution >= 0.6 is 0 Å². The first kappa shape index (κ1) is 18.3. The van der Waals surface area contributed by atoms with E-state index in [0.29, 0.717) is 32.1 Å². The molecule has 24 heavy (non-hydrogen) atoms. The lowest BCUT2D eigenvalue weighted by Gasteiger charge is -2.32. The summed E-state index contributed by atoms with van der Waals surface area (Å²) in [6.45, 7) is 8.47. The number of H-pyrrole nitrogens is 1. The molecular formula is C17H29N5O2. The fourth-order valence-corrected chi connectivity index (χ4v) is 2.79. The summed E-state index contributed by atoms with van der Waals surface area (Å²) in [5.41, 5.74) is 1.90. The van der Waals surface area contributed by atoms with Crippen LogP contribution in [0.4, 0.5) is 4.79 Å². The molecule has 1 aliphatic rings. The maximum atomic E-state index is 12.4. The number of aromatic nitrogens is 2. The van der Waals surface area contributed by atoms with Crippen molar-refractivity contribution in [1.29, 1.82) is 0 Å². The third kappa shape index (κ3) is 5.25. The van der Waals surface area contributed by atoms with Crippen LogP contribution in [-0.2, 0) is 17.8 Å². The van der Waals surface area contributed by atoms with Gasteiger partial charge in [0.25, 0.3) is 0 Å². The zero-order valence-electron chi connectivity index (χ0n) is 14.9. The fourth-order valence-electron chi connectivity index (χ4n) is 2.79. The van der Waals surface area contributed by atoms with Gasteiger partial charge in [-0.2, -0.15) is 5.10 Å². The van der Waals surface area contributed by atoms with Crippen molar-refractivity contribution in [2.24, 2.45) is 11.8 Å². The Balaban J connectivity index is 1.80. The number of aromatic amines is 1. The molecule has 1 aromatic rings. The lowest BCUT2D eigenvalue weighted by molar-refractivity contribution is -0.126. The largest absolute Gasteiger partial charge is 0.350 e. The molecule has 3 N–H and O–H groups in total. The molecule has 1 fully saturated rings. The van der Waals surface area contributed by atoms with Crippen LogP contribution < -0.4 is 10.6 Å². The van der Waals surface area contributed by atoms with Crippen LogP contribution in [0.25, 0.3) is 0 Å². The van der Waals surface area contributed by atoms with E-state index in [4.69, 9.17) is 0 Å². The van der Waals surface area contributed by atoms with E-state index in [-0.39, 0.29) is 17.9 Å². The fraction of sp³-hybridized carbons (Fsp3) is 0.706. The zero-order valence-corrected chi connectivity index (χ0v) is 14.9. The van der Waals surface area contributed by atoms with Crippen LogP contribution in [0.2, 0.25) is 0 Å². The second-order valence-corrected chi connectivity index (χ2v) is 6.82. The number of hydrogen-bond acceptors (Lipinski definition) is 3. The molecule has 7 heteroatoms. The molecule has 0 saturated carbocycles. The molecule has 3 amide bonds. The van der Waals surface area contributed by atoms with Crippen LogP contribution in [0.1, 0.15) is 45.0 Å². The molecule has 0 aromatic carbocycles. The summed E-state index contributed by atoms with van der Waals surface area (Å²) in [4.78, 5) is 26.3. The molecule has 2 rings (SSSR count). The maximum absolute atomic E-state index is 12.4. The third-order valence-corrected chi connectivity index (χ3v) is 4.24. The van der Waals surface area contributed by atoms with E-state index >= 15 is 0 Å². The SMILES string of the molecule is CCc1cc(CNC(=O)[C@@H]2CCCN(C(=O)NCC(C)C)C2)[nH]n1. The Morgan fingerprint density at radius 3 is 2.88 bits per heavy atom. The quantitative estimate of drug-likeness (QED) is 0.738. The molecular weight excluding hydrogens is 306 g/mol. The van der Waals surface area contributed by atoms with Crippen molar-refractivity contribution in [2.75, 3.05) is 19.6 Å². The number of rotatable bonds is 6. The second kappa shape index (κ2) is 8.70. The smallest absolute Gasteiger partial charge is 0.317 e. The van der Waals surface area contributed by atoms with E-state index < -0.39 is 0 Å². The van der Waals surface area contributed by atoms with E-state index in [9.17, 15) is 9.59 Å². The first-order valence-electron chi connectivity index (χ1n) is 8.83.